The summed E-state index contributed by atoms with van der Waals surface area (Å²) in [5, 5.41) is 3.19. The fourth-order valence-electron chi connectivity index (χ4n) is 1.83. The van der Waals surface area contributed by atoms with Gasteiger partial charge in [-0.15, -0.1) is 4.98 Å². The zero-order chi connectivity index (χ0) is 14.5. The maximum absolute atomic E-state index is 5.00. The van der Waals surface area contributed by atoms with Crippen LogP contribution in [0.3, 0.4) is 0 Å². The Labute approximate surface area is 114 Å². The van der Waals surface area contributed by atoms with Crippen molar-refractivity contribution in [3.63, 3.8) is 0 Å². The highest BCUT2D eigenvalue weighted by atomic mass is 16.5. The normalized spacial score (nSPS) is 11.5. The van der Waals surface area contributed by atoms with Crippen LogP contribution >= 0.6 is 0 Å². The lowest BCUT2D eigenvalue weighted by Gasteiger charge is -2.28. The van der Waals surface area contributed by atoms with E-state index in [-0.39, 0.29) is 17.4 Å². The highest BCUT2D eigenvalue weighted by Gasteiger charge is 2.19. The molecular formula is C12H23N5O2. The summed E-state index contributed by atoms with van der Waals surface area (Å²) in [4.78, 5) is 14.4. The summed E-state index contributed by atoms with van der Waals surface area (Å²) >= 11 is 0. The molecule has 0 bridgehead atoms. The lowest BCUT2D eigenvalue weighted by Crippen LogP contribution is -2.34. The molecule has 0 atom stereocenters. The van der Waals surface area contributed by atoms with Crippen LogP contribution < -0.4 is 14.8 Å². The third kappa shape index (κ3) is 5.25. The monoisotopic (exact) mass is 269 g/mol. The van der Waals surface area contributed by atoms with E-state index in [2.05, 4.69) is 53.1 Å². The van der Waals surface area contributed by atoms with Gasteiger partial charge < -0.3 is 19.7 Å². The zero-order valence-electron chi connectivity index (χ0n) is 12.5. The second-order valence-electron chi connectivity index (χ2n) is 5.39. The first-order valence-electron chi connectivity index (χ1n) is 6.09. The van der Waals surface area contributed by atoms with E-state index in [1.165, 1.54) is 14.2 Å². The summed E-state index contributed by atoms with van der Waals surface area (Å²) in [6.07, 6.45) is 0. The number of anilines is 1. The molecule has 0 saturated heterocycles. The predicted molar refractivity (Wildman–Crippen MR) is 73.8 cm³/mol. The number of methoxy groups -OCH3 is 2. The van der Waals surface area contributed by atoms with Gasteiger partial charge in [0.2, 0.25) is 5.95 Å². The molecule has 0 aromatic carbocycles. The molecule has 1 aromatic rings. The largest absolute Gasteiger partial charge is 0.467 e. The molecule has 0 fully saturated rings. The number of ether oxygens (including phenoxy) is 2. The maximum atomic E-state index is 5.00. The van der Waals surface area contributed by atoms with Crippen molar-refractivity contribution in [1.29, 1.82) is 0 Å². The van der Waals surface area contributed by atoms with E-state index in [0.29, 0.717) is 5.95 Å². The van der Waals surface area contributed by atoms with Crippen molar-refractivity contribution < 1.29 is 9.47 Å². The van der Waals surface area contributed by atoms with Crippen molar-refractivity contribution in [1.82, 2.24) is 19.9 Å². The van der Waals surface area contributed by atoms with E-state index >= 15 is 0 Å². The van der Waals surface area contributed by atoms with Crippen molar-refractivity contribution in [3.8, 4) is 12.0 Å². The summed E-state index contributed by atoms with van der Waals surface area (Å²) in [5.41, 5.74) is 0.0938. The quantitative estimate of drug-likeness (QED) is 0.788. The Morgan fingerprint density at radius 2 is 1.58 bits per heavy atom. The molecule has 1 rings (SSSR count). The molecular weight excluding hydrogens is 246 g/mol. The Morgan fingerprint density at radius 1 is 1.05 bits per heavy atom. The van der Waals surface area contributed by atoms with Crippen molar-refractivity contribution in [3.05, 3.63) is 0 Å². The van der Waals surface area contributed by atoms with Crippen molar-refractivity contribution in [2.45, 2.75) is 13.8 Å². The van der Waals surface area contributed by atoms with E-state index in [1.54, 1.807) is 0 Å². The Morgan fingerprint density at radius 3 is 2.00 bits per heavy atom. The highest BCUT2D eigenvalue weighted by molar-refractivity contribution is 5.27. The molecule has 0 saturated carbocycles. The molecule has 0 aliphatic rings. The van der Waals surface area contributed by atoms with Gasteiger partial charge in [-0.2, -0.15) is 9.97 Å². The smallest absolute Gasteiger partial charge is 0.324 e. The fraction of sp³-hybridized carbons (Fsp3) is 0.750. The van der Waals surface area contributed by atoms with Crippen LogP contribution in [-0.4, -0.2) is 61.3 Å². The van der Waals surface area contributed by atoms with Gasteiger partial charge in [-0.25, -0.2) is 0 Å². The molecule has 0 unspecified atom stereocenters. The zero-order valence-corrected chi connectivity index (χ0v) is 12.5. The van der Waals surface area contributed by atoms with Crippen molar-refractivity contribution in [2.24, 2.45) is 5.41 Å². The maximum Gasteiger partial charge on any atom is 0.324 e. The van der Waals surface area contributed by atoms with Crippen LogP contribution in [0.25, 0.3) is 0 Å². The van der Waals surface area contributed by atoms with Gasteiger partial charge in [0.1, 0.15) is 0 Å². The van der Waals surface area contributed by atoms with Crippen LogP contribution in [0.1, 0.15) is 13.8 Å². The van der Waals surface area contributed by atoms with Crippen molar-refractivity contribution in [2.75, 3.05) is 46.7 Å². The van der Waals surface area contributed by atoms with Gasteiger partial charge in [0.25, 0.3) is 0 Å². The van der Waals surface area contributed by atoms with Gasteiger partial charge in [-0.05, 0) is 19.5 Å². The van der Waals surface area contributed by atoms with E-state index in [4.69, 9.17) is 9.47 Å². The summed E-state index contributed by atoms with van der Waals surface area (Å²) in [5.74, 6) is 0.454. The van der Waals surface area contributed by atoms with E-state index in [9.17, 15) is 0 Å². The van der Waals surface area contributed by atoms with Gasteiger partial charge in [0.15, 0.2) is 0 Å². The van der Waals surface area contributed by atoms with Crippen LogP contribution in [-0.2, 0) is 0 Å². The average molecular weight is 269 g/mol. The molecule has 108 valence electrons. The highest BCUT2D eigenvalue weighted by Crippen LogP contribution is 2.18. The molecule has 19 heavy (non-hydrogen) atoms. The number of hydrogen-bond acceptors (Lipinski definition) is 7. The minimum atomic E-state index is 0.0938. The van der Waals surface area contributed by atoms with Crippen LogP contribution in [0, 0.1) is 5.41 Å². The molecule has 0 aliphatic heterocycles. The number of aromatic nitrogens is 3. The Bertz CT molecular complexity index is 387. The summed E-state index contributed by atoms with van der Waals surface area (Å²) < 4.78 is 10.0. The van der Waals surface area contributed by atoms with Crippen LogP contribution in [0.5, 0.6) is 12.0 Å². The molecule has 0 aliphatic carbocycles. The van der Waals surface area contributed by atoms with Crippen LogP contribution in [0.2, 0.25) is 0 Å². The summed E-state index contributed by atoms with van der Waals surface area (Å²) in [7, 11) is 7.12. The predicted octanol–water partition coefficient (Wildman–Crippen LogP) is 0.889. The number of hydrogen-bond donors (Lipinski definition) is 1. The third-order valence-corrected chi connectivity index (χ3v) is 2.43. The Kier molecular flexibility index (Phi) is 5.29. The standard InChI is InChI=1S/C12H23N5O2/c1-12(2,8-17(3)4)7-13-9-14-10(18-5)16-11(15-9)19-6/h7-8H2,1-6H3,(H,13,14,15,16). The number of nitrogens with one attached hydrogen (secondary N) is 1. The first-order valence-corrected chi connectivity index (χ1v) is 6.09. The third-order valence-electron chi connectivity index (χ3n) is 2.43. The molecule has 7 nitrogen and oxygen atoms in total. The lowest BCUT2D eigenvalue weighted by molar-refractivity contribution is 0.253. The van der Waals surface area contributed by atoms with E-state index in [1.807, 2.05) is 0 Å². The summed E-state index contributed by atoms with van der Waals surface area (Å²) in [6, 6.07) is 0.472. The van der Waals surface area contributed by atoms with Gasteiger partial charge in [-0.3, -0.25) is 0 Å². The van der Waals surface area contributed by atoms with Gasteiger partial charge in [-0.1, -0.05) is 13.8 Å². The minimum absolute atomic E-state index is 0.0938. The lowest BCUT2D eigenvalue weighted by atomic mass is 9.93. The van der Waals surface area contributed by atoms with Gasteiger partial charge >= 0.3 is 12.0 Å². The molecule has 0 amide bonds. The summed E-state index contributed by atoms with van der Waals surface area (Å²) in [6.45, 7) is 6.05. The molecule has 0 radical (unpaired) electrons. The van der Waals surface area contributed by atoms with Gasteiger partial charge in [0.05, 0.1) is 14.2 Å². The topological polar surface area (TPSA) is 72.4 Å². The van der Waals surface area contributed by atoms with Gasteiger partial charge in [0, 0.05) is 13.1 Å². The minimum Gasteiger partial charge on any atom is -0.467 e. The Hall–Kier alpha value is -1.63. The second-order valence-corrected chi connectivity index (χ2v) is 5.39. The molecule has 7 heteroatoms. The molecule has 1 N–H and O–H groups in total. The Balaban J connectivity index is 2.71. The first-order chi connectivity index (χ1) is 8.86. The second kappa shape index (κ2) is 6.51. The molecule has 1 heterocycles. The average Bonchev–Trinajstić information content (AvgIpc) is 2.34. The van der Waals surface area contributed by atoms with Crippen LogP contribution in [0.15, 0.2) is 0 Å². The number of nitrogens with zero attached hydrogens (tertiary/aromatic N) is 4. The van der Waals surface area contributed by atoms with Crippen molar-refractivity contribution >= 4 is 5.95 Å². The fourth-order valence-corrected chi connectivity index (χ4v) is 1.83. The number of rotatable bonds is 7. The first kappa shape index (κ1) is 15.4. The van der Waals surface area contributed by atoms with E-state index in [0.717, 1.165) is 13.1 Å². The molecule has 0 spiro atoms. The SMILES string of the molecule is COc1nc(NCC(C)(C)CN(C)C)nc(OC)n1. The van der Waals surface area contributed by atoms with Crippen LogP contribution in [0.4, 0.5) is 5.95 Å². The molecule has 1 aromatic heterocycles. The van der Waals surface area contributed by atoms with E-state index < -0.39 is 0 Å².